The predicted molar refractivity (Wildman–Crippen MR) is 83.5 cm³/mol. The molecule has 5 heteroatoms. The molecule has 1 unspecified atom stereocenters. The van der Waals surface area contributed by atoms with Gasteiger partial charge in [-0.3, -0.25) is 9.59 Å². The van der Waals surface area contributed by atoms with E-state index in [1.165, 1.54) is 7.11 Å². The molecule has 0 heterocycles. The number of Topliss-reactive ketones (excluding diaryl/α,β-unsaturated/α-hetero) is 1. The number of hydrogen-bond acceptors (Lipinski definition) is 4. The molecule has 0 saturated heterocycles. The van der Waals surface area contributed by atoms with E-state index in [1.54, 1.807) is 55.6 Å². The van der Waals surface area contributed by atoms with Crippen LogP contribution in [0.25, 0.3) is 0 Å². The number of halogens is 1. The summed E-state index contributed by atoms with van der Waals surface area (Å²) in [6, 6.07) is 13.1. The van der Waals surface area contributed by atoms with E-state index in [0.717, 1.165) is 0 Å². The molecule has 114 valence electrons. The van der Waals surface area contributed by atoms with Gasteiger partial charge >= 0.3 is 5.97 Å². The molecule has 0 amide bonds. The highest BCUT2D eigenvalue weighted by Crippen LogP contribution is 2.25. The zero-order valence-electron chi connectivity index (χ0n) is 12.2. The van der Waals surface area contributed by atoms with Gasteiger partial charge in [-0.1, -0.05) is 23.7 Å². The van der Waals surface area contributed by atoms with Gasteiger partial charge in [0.25, 0.3) is 0 Å². The van der Waals surface area contributed by atoms with Crippen molar-refractivity contribution in [2.75, 3.05) is 14.2 Å². The van der Waals surface area contributed by atoms with E-state index in [1.807, 2.05) is 0 Å². The van der Waals surface area contributed by atoms with Crippen LogP contribution in [0.2, 0.25) is 5.02 Å². The Hall–Kier alpha value is -2.33. The molecule has 22 heavy (non-hydrogen) atoms. The van der Waals surface area contributed by atoms with E-state index in [4.69, 9.17) is 21.1 Å². The molecule has 2 aromatic carbocycles. The molecule has 2 aromatic rings. The summed E-state index contributed by atoms with van der Waals surface area (Å²) in [4.78, 5) is 24.7. The number of ether oxygens (including phenoxy) is 2. The maximum atomic E-state index is 12.6. The SMILES string of the molecule is COC(=O)C(C(=O)c1ccc(Cl)cc1)c1ccc(OC)cc1. The van der Waals surface area contributed by atoms with Crippen LogP contribution in [0, 0.1) is 0 Å². The molecule has 0 saturated carbocycles. The lowest BCUT2D eigenvalue weighted by Crippen LogP contribution is -2.23. The minimum atomic E-state index is -1.02. The van der Waals surface area contributed by atoms with E-state index in [9.17, 15) is 9.59 Å². The van der Waals surface area contributed by atoms with Gasteiger partial charge in [-0.25, -0.2) is 0 Å². The maximum Gasteiger partial charge on any atom is 0.321 e. The van der Waals surface area contributed by atoms with E-state index >= 15 is 0 Å². The smallest absolute Gasteiger partial charge is 0.321 e. The number of esters is 1. The Bertz CT molecular complexity index is 662. The van der Waals surface area contributed by atoms with E-state index in [2.05, 4.69) is 0 Å². The van der Waals surface area contributed by atoms with Crippen molar-refractivity contribution in [3.05, 3.63) is 64.7 Å². The van der Waals surface area contributed by atoms with Gasteiger partial charge in [-0.2, -0.15) is 0 Å². The van der Waals surface area contributed by atoms with Crippen LogP contribution >= 0.6 is 11.6 Å². The first-order valence-corrected chi connectivity index (χ1v) is 6.96. The van der Waals surface area contributed by atoms with Crippen LogP contribution in [0.5, 0.6) is 5.75 Å². The average molecular weight is 319 g/mol. The van der Waals surface area contributed by atoms with Crippen molar-refractivity contribution in [1.82, 2.24) is 0 Å². The number of benzene rings is 2. The Morgan fingerprint density at radius 2 is 1.55 bits per heavy atom. The van der Waals surface area contributed by atoms with Gasteiger partial charge in [-0.15, -0.1) is 0 Å². The van der Waals surface area contributed by atoms with Crippen molar-refractivity contribution in [3.8, 4) is 5.75 Å². The molecule has 0 bridgehead atoms. The van der Waals surface area contributed by atoms with Gasteiger partial charge in [-0.05, 0) is 42.0 Å². The lowest BCUT2D eigenvalue weighted by molar-refractivity contribution is -0.141. The lowest BCUT2D eigenvalue weighted by atomic mass is 9.90. The summed E-state index contributed by atoms with van der Waals surface area (Å²) < 4.78 is 9.85. The minimum Gasteiger partial charge on any atom is -0.497 e. The second kappa shape index (κ2) is 7.09. The number of rotatable bonds is 5. The van der Waals surface area contributed by atoms with Crippen LogP contribution in [-0.2, 0) is 9.53 Å². The summed E-state index contributed by atoms with van der Waals surface area (Å²) in [6.07, 6.45) is 0. The van der Waals surface area contributed by atoms with Crippen molar-refractivity contribution >= 4 is 23.4 Å². The highest BCUT2D eigenvalue weighted by Gasteiger charge is 2.30. The van der Waals surface area contributed by atoms with E-state index in [-0.39, 0.29) is 5.78 Å². The molecule has 0 N–H and O–H groups in total. The largest absolute Gasteiger partial charge is 0.497 e. The molecule has 0 aliphatic rings. The normalized spacial score (nSPS) is 11.6. The molecule has 1 atom stereocenters. The quantitative estimate of drug-likeness (QED) is 0.481. The Morgan fingerprint density at radius 1 is 0.955 bits per heavy atom. The van der Waals surface area contributed by atoms with E-state index in [0.29, 0.717) is 21.9 Å². The summed E-state index contributed by atoms with van der Waals surface area (Å²) in [6.45, 7) is 0. The number of methoxy groups -OCH3 is 2. The molecule has 0 radical (unpaired) electrons. The number of carbonyl (C=O) groups excluding carboxylic acids is 2. The maximum absolute atomic E-state index is 12.6. The Morgan fingerprint density at radius 3 is 2.05 bits per heavy atom. The highest BCUT2D eigenvalue weighted by molar-refractivity contribution is 6.30. The second-order valence-corrected chi connectivity index (χ2v) is 5.04. The molecular weight excluding hydrogens is 304 g/mol. The van der Waals surface area contributed by atoms with Crippen LogP contribution in [-0.4, -0.2) is 26.0 Å². The molecule has 0 aliphatic carbocycles. The van der Waals surface area contributed by atoms with Crippen LogP contribution in [0.15, 0.2) is 48.5 Å². The molecular formula is C17H15ClO4. The van der Waals surface area contributed by atoms with Gasteiger partial charge in [0.05, 0.1) is 14.2 Å². The first-order chi connectivity index (χ1) is 10.6. The van der Waals surface area contributed by atoms with Gasteiger partial charge in [0.2, 0.25) is 0 Å². The lowest BCUT2D eigenvalue weighted by Gasteiger charge is -2.14. The third-order valence-corrected chi connectivity index (χ3v) is 3.53. The summed E-state index contributed by atoms with van der Waals surface area (Å²) in [7, 11) is 2.81. The van der Waals surface area contributed by atoms with Crippen molar-refractivity contribution in [2.45, 2.75) is 5.92 Å². The molecule has 0 aliphatic heterocycles. The zero-order valence-corrected chi connectivity index (χ0v) is 13.0. The predicted octanol–water partition coefficient (Wildman–Crippen LogP) is 3.49. The van der Waals surface area contributed by atoms with Crippen molar-refractivity contribution in [3.63, 3.8) is 0 Å². The van der Waals surface area contributed by atoms with Crippen molar-refractivity contribution < 1.29 is 19.1 Å². The fourth-order valence-corrected chi connectivity index (χ4v) is 2.22. The third-order valence-electron chi connectivity index (χ3n) is 3.28. The minimum absolute atomic E-state index is 0.339. The zero-order chi connectivity index (χ0) is 16.1. The summed E-state index contributed by atoms with van der Waals surface area (Å²) in [5.74, 6) is -1.32. The standard InChI is InChI=1S/C17H15ClO4/c1-21-14-9-5-11(6-10-14)15(17(20)22-2)16(19)12-3-7-13(18)8-4-12/h3-10,15H,1-2H3. The molecule has 0 spiro atoms. The average Bonchev–Trinajstić information content (AvgIpc) is 2.56. The van der Waals surface area contributed by atoms with Gasteiger partial charge in [0.1, 0.15) is 11.7 Å². The van der Waals surface area contributed by atoms with Crippen LogP contribution in [0.4, 0.5) is 0 Å². The summed E-state index contributed by atoms with van der Waals surface area (Å²) in [5.41, 5.74) is 0.947. The van der Waals surface area contributed by atoms with Crippen LogP contribution in [0.1, 0.15) is 21.8 Å². The first kappa shape index (κ1) is 16.0. The fraction of sp³-hybridized carbons (Fsp3) is 0.176. The van der Waals surface area contributed by atoms with Gasteiger partial charge < -0.3 is 9.47 Å². The Kier molecular flexibility index (Phi) is 5.17. The third kappa shape index (κ3) is 3.46. The molecule has 4 nitrogen and oxygen atoms in total. The van der Waals surface area contributed by atoms with Crippen LogP contribution < -0.4 is 4.74 Å². The number of hydrogen-bond donors (Lipinski definition) is 0. The first-order valence-electron chi connectivity index (χ1n) is 6.58. The summed E-state index contributed by atoms with van der Waals surface area (Å²) in [5, 5.41) is 0.524. The Balaban J connectivity index is 2.38. The van der Waals surface area contributed by atoms with E-state index < -0.39 is 11.9 Å². The van der Waals surface area contributed by atoms with Crippen molar-refractivity contribution in [2.24, 2.45) is 0 Å². The number of carbonyl (C=O) groups is 2. The fourth-order valence-electron chi connectivity index (χ4n) is 2.09. The monoisotopic (exact) mass is 318 g/mol. The molecule has 0 aromatic heterocycles. The highest BCUT2D eigenvalue weighted by atomic mass is 35.5. The van der Waals surface area contributed by atoms with Crippen LogP contribution in [0.3, 0.4) is 0 Å². The van der Waals surface area contributed by atoms with Crippen molar-refractivity contribution in [1.29, 1.82) is 0 Å². The topological polar surface area (TPSA) is 52.6 Å². The number of ketones is 1. The Labute approximate surface area is 133 Å². The second-order valence-electron chi connectivity index (χ2n) is 4.60. The van der Waals surface area contributed by atoms with Gasteiger partial charge in [0.15, 0.2) is 5.78 Å². The van der Waals surface area contributed by atoms with Gasteiger partial charge in [0, 0.05) is 10.6 Å². The summed E-state index contributed by atoms with van der Waals surface area (Å²) >= 11 is 5.82. The molecule has 0 fully saturated rings. The molecule has 2 rings (SSSR count).